The average molecular weight is 231 g/mol. The van der Waals surface area contributed by atoms with Crippen LogP contribution in [-0.2, 0) is 14.3 Å². The van der Waals surface area contributed by atoms with Crippen molar-refractivity contribution in [2.45, 2.75) is 33.7 Å². The maximum atomic E-state index is 11.2. The second-order valence-electron chi connectivity index (χ2n) is 4.34. The Hall–Kier alpha value is -0.610. The summed E-state index contributed by atoms with van der Waals surface area (Å²) in [6, 6.07) is 0.284. The van der Waals surface area contributed by atoms with E-state index in [0.29, 0.717) is 19.1 Å². The number of carbonyl (C=O) groups is 1. The molecule has 0 aromatic heterocycles. The highest BCUT2D eigenvalue weighted by Gasteiger charge is 2.17. The van der Waals surface area contributed by atoms with Crippen molar-refractivity contribution in [1.29, 1.82) is 0 Å². The maximum absolute atomic E-state index is 11.2. The van der Waals surface area contributed by atoms with Gasteiger partial charge in [-0.15, -0.1) is 0 Å². The summed E-state index contributed by atoms with van der Waals surface area (Å²) in [5.41, 5.74) is 0. The molecule has 16 heavy (non-hydrogen) atoms. The summed E-state index contributed by atoms with van der Waals surface area (Å²) in [6.45, 7) is 10.1. The monoisotopic (exact) mass is 231 g/mol. The highest BCUT2D eigenvalue weighted by atomic mass is 16.5. The molecule has 0 saturated carbocycles. The Labute approximate surface area is 98.7 Å². The highest BCUT2D eigenvalue weighted by Crippen LogP contribution is 2.04. The van der Waals surface area contributed by atoms with E-state index in [0.717, 1.165) is 6.61 Å². The Morgan fingerprint density at radius 2 is 1.94 bits per heavy atom. The third kappa shape index (κ3) is 6.08. The number of hydrogen-bond acceptors (Lipinski definition) is 4. The van der Waals surface area contributed by atoms with E-state index < -0.39 is 0 Å². The maximum Gasteiger partial charge on any atom is 0.309 e. The summed E-state index contributed by atoms with van der Waals surface area (Å²) in [5, 5.41) is 3.34. The molecule has 0 spiro atoms. The van der Waals surface area contributed by atoms with Crippen molar-refractivity contribution in [3.8, 4) is 0 Å². The zero-order valence-corrected chi connectivity index (χ0v) is 11.1. The molecular formula is C12H25NO3. The van der Waals surface area contributed by atoms with Gasteiger partial charge in [-0.25, -0.2) is 0 Å². The molecule has 1 N–H and O–H groups in total. The van der Waals surface area contributed by atoms with Crippen molar-refractivity contribution >= 4 is 5.97 Å². The van der Waals surface area contributed by atoms with Gasteiger partial charge in [-0.1, -0.05) is 20.8 Å². The minimum Gasteiger partial charge on any atom is -0.469 e. The predicted octanol–water partition coefficient (Wildman–Crippen LogP) is 1.45. The minimum atomic E-state index is -0.175. The first-order chi connectivity index (χ1) is 7.52. The summed E-state index contributed by atoms with van der Waals surface area (Å²) in [4.78, 5) is 11.2. The highest BCUT2D eigenvalue weighted by molar-refractivity contribution is 5.72. The first kappa shape index (κ1) is 15.4. The lowest BCUT2D eigenvalue weighted by atomic mass is 10.0. The molecule has 0 aliphatic heterocycles. The van der Waals surface area contributed by atoms with E-state index in [9.17, 15) is 4.79 Å². The molecule has 0 aromatic rings. The molecule has 96 valence electrons. The lowest BCUT2D eigenvalue weighted by molar-refractivity contribution is -0.144. The van der Waals surface area contributed by atoms with Crippen LogP contribution in [0.1, 0.15) is 27.7 Å². The molecule has 0 radical (unpaired) electrons. The first-order valence-corrected chi connectivity index (χ1v) is 5.91. The van der Waals surface area contributed by atoms with Crippen LogP contribution in [-0.4, -0.2) is 38.9 Å². The number of hydrogen-bond donors (Lipinski definition) is 1. The molecule has 0 bridgehead atoms. The van der Waals surface area contributed by atoms with E-state index in [2.05, 4.69) is 23.9 Å². The van der Waals surface area contributed by atoms with Crippen LogP contribution in [0.15, 0.2) is 0 Å². The smallest absolute Gasteiger partial charge is 0.309 e. The van der Waals surface area contributed by atoms with Gasteiger partial charge in [-0.3, -0.25) is 4.79 Å². The molecule has 0 rings (SSSR count). The second-order valence-corrected chi connectivity index (χ2v) is 4.34. The summed E-state index contributed by atoms with van der Waals surface area (Å²) < 4.78 is 10.1. The van der Waals surface area contributed by atoms with E-state index in [4.69, 9.17) is 4.74 Å². The zero-order chi connectivity index (χ0) is 12.6. The summed E-state index contributed by atoms with van der Waals surface area (Å²) >= 11 is 0. The lowest BCUT2D eigenvalue weighted by Gasteiger charge is -2.23. The Morgan fingerprint density at radius 1 is 1.31 bits per heavy atom. The Bertz CT molecular complexity index is 195. The van der Waals surface area contributed by atoms with E-state index in [1.807, 2.05) is 13.8 Å². The summed E-state index contributed by atoms with van der Waals surface area (Å²) in [5.74, 6) is 0.190. The largest absolute Gasteiger partial charge is 0.469 e. The summed E-state index contributed by atoms with van der Waals surface area (Å²) in [6.07, 6.45) is 0. The van der Waals surface area contributed by atoms with Crippen LogP contribution in [0.2, 0.25) is 0 Å². The fourth-order valence-electron chi connectivity index (χ4n) is 1.34. The fraction of sp³-hybridized carbons (Fsp3) is 0.917. The lowest BCUT2D eigenvalue weighted by Crippen LogP contribution is -2.41. The van der Waals surface area contributed by atoms with Crippen molar-refractivity contribution in [2.75, 3.05) is 26.9 Å². The van der Waals surface area contributed by atoms with Gasteiger partial charge < -0.3 is 14.8 Å². The molecule has 0 fully saturated rings. The van der Waals surface area contributed by atoms with Gasteiger partial charge in [0.2, 0.25) is 0 Å². The Morgan fingerprint density at radius 3 is 2.38 bits per heavy atom. The third-order valence-electron chi connectivity index (χ3n) is 2.60. The van der Waals surface area contributed by atoms with E-state index in [-0.39, 0.29) is 17.9 Å². The molecule has 4 heteroatoms. The number of nitrogens with one attached hydrogen (secondary N) is 1. The van der Waals surface area contributed by atoms with Crippen LogP contribution < -0.4 is 5.32 Å². The van der Waals surface area contributed by atoms with Crippen molar-refractivity contribution in [3.63, 3.8) is 0 Å². The topological polar surface area (TPSA) is 47.6 Å². The quantitative estimate of drug-likeness (QED) is 0.642. The number of carbonyl (C=O) groups excluding carboxylic acids is 1. The number of methoxy groups -OCH3 is 1. The van der Waals surface area contributed by atoms with Crippen LogP contribution in [0, 0.1) is 11.8 Å². The molecule has 0 aliphatic rings. The van der Waals surface area contributed by atoms with Crippen molar-refractivity contribution < 1.29 is 14.3 Å². The standard InChI is InChI=1S/C12H25NO3/c1-6-16-8-11(9(2)3)13-7-10(4)12(14)15-5/h9-11,13H,6-8H2,1-5H3. The average Bonchev–Trinajstić information content (AvgIpc) is 2.27. The molecule has 2 atom stereocenters. The van der Waals surface area contributed by atoms with E-state index >= 15 is 0 Å². The SMILES string of the molecule is CCOCC(NCC(C)C(=O)OC)C(C)C. The van der Waals surface area contributed by atoms with Crippen LogP contribution in [0.5, 0.6) is 0 Å². The van der Waals surface area contributed by atoms with Crippen LogP contribution >= 0.6 is 0 Å². The van der Waals surface area contributed by atoms with Crippen LogP contribution in [0.4, 0.5) is 0 Å². The van der Waals surface area contributed by atoms with Gasteiger partial charge in [0.05, 0.1) is 19.6 Å². The minimum absolute atomic E-state index is 0.118. The molecule has 0 saturated heterocycles. The Kier molecular flexibility index (Phi) is 8.21. The molecule has 0 aliphatic carbocycles. The van der Waals surface area contributed by atoms with Gasteiger partial charge in [-0.2, -0.15) is 0 Å². The third-order valence-corrected chi connectivity index (χ3v) is 2.60. The van der Waals surface area contributed by atoms with E-state index in [1.165, 1.54) is 7.11 Å². The molecular weight excluding hydrogens is 206 g/mol. The molecule has 0 heterocycles. The molecule has 0 amide bonds. The van der Waals surface area contributed by atoms with Gasteiger partial charge in [0.15, 0.2) is 0 Å². The van der Waals surface area contributed by atoms with Crippen LogP contribution in [0.3, 0.4) is 0 Å². The predicted molar refractivity (Wildman–Crippen MR) is 64.3 cm³/mol. The molecule has 4 nitrogen and oxygen atoms in total. The fourth-order valence-corrected chi connectivity index (χ4v) is 1.34. The van der Waals surface area contributed by atoms with Gasteiger partial charge in [0, 0.05) is 19.2 Å². The zero-order valence-electron chi connectivity index (χ0n) is 11.1. The first-order valence-electron chi connectivity index (χ1n) is 5.91. The van der Waals surface area contributed by atoms with Gasteiger partial charge in [-0.05, 0) is 12.8 Å². The van der Waals surface area contributed by atoms with Gasteiger partial charge >= 0.3 is 5.97 Å². The van der Waals surface area contributed by atoms with Crippen LogP contribution in [0.25, 0.3) is 0 Å². The van der Waals surface area contributed by atoms with Crippen molar-refractivity contribution in [2.24, 2.45) is 11.8 Å². The van der Waals surface area contributed by atoms with Crippen molar-refractivity contribution in [1.82, 2.24) is 5.32 Å². The number of rotatable bonds is 8. The molecule has 0 aromatic carbocycles. The summed E-state index contributed by atoms with van der Waals surface area (Å²) in [7, 11) is 1.42. The Balaban J connectivity index is 3.96. The number of ether oxygens (including phenoxy) is 2. The van der Waals surface area contributed by atoms with E-state index in [1.54, 1.807) is 0 Å². The number of esters is 1. The van der Waals surface area contributed by atoms with Crippen molar-refractivity contribution in [3.05, 3.63) is 0 Å². The normalized spacial score (nSPS) is 14.9. The molecule has 2 unspecified atom stereocenters. The van der Waals surface area contributed by atoms with Gasteiger partial charge in [0.1, 0.15) is 0 Å². The second kappa shape index (κ2) is 8.53. The van der Waals surface area contributed by atoms with Gasteiger partial charge in [0.25, 0.3) is 0 Å².